The van der Waals surface area contributed by atoms with Gasteiger partial charge in [0.05, 0.1) is 34.6 Å². The number of phenols is 1. The zero-order chi connectivity index (χ0) is 23.9. The molecule has 3 heterocycles. The number of aromatic hydroxyl groups is 1. The molecule has 0 fully saturated rings. The lowest BCUT2D eigenvalue weighted by Crippen LogP contribution is -2.18. The molecule has 0 atom stereocenters. The zero-order valence-corrected chi connectivity index (χ0v) is 17.1. The fraction of sp³-hybridized carbons (Fsp3) is 0.250. The van der Waals surface area contributed by atoms with Gasteiger partial charge in [-0.15, -0.1) is 0 Å². The van der Waals surface area contributed by atoms with Crippen LogP contribution < -0.4 is 11.5 Å². The number of benzene rings is 1. The lowest BCUT2D eigenvalue weighted by Gasteiger charge is -2.18. The number of carbonyl (C=O) groups excluding carboxylic acids is 2. The average Bonchev–Trinajstić information content (AvgIpc) is 3.13. The monoisotopic (exact) mass is 451 g/mol. The van der Waals surface area contributed by atoms with E-state index in [1.807, 2.05) is 0 Å². The van der Waals surface area contributed by atoms with Gasteiger partial charge < -0.3 is 21.5 Å². The number of hydrogen-bond acceptors (Lipinski definition) is 5. The number of nitrogens with two attached hydrogens (primary N) is 2. The maximum Gasteiger partial charge on any atom is 0.434 e. The Morgan fingerprint density at radius 2 is 1.88 bits per heavy atom. The van der Waals surface area contributed by atoms with Crippen LogP contribution >= 0.6 is 0 Å². The van der Waals surface area contributed by atoms with Crippen LogP contribution in [0.3, 0.4) is 0 Å². The topological polar surface area (TPSA) is 127 Å². The normalized spacial score (nSPS) is 13.8. The third-order valence-corrected chi connectivity index (χ3v) is 5.62. The van der Waals surface area contributed by atoms with Gasteiger partial charge in [-0.1, -0.05) is 0 Å². The molecule has 1 aliphatic rings. The van der Waals surface area contributed by atoms with E-state index in [0.29, 0.717) is 0 Å². The molecule has 0 saturated carbocycles. The van der Waals surface area contributed by atoms with Crippen LogP contribution in [0.1, 0.15) is 43.2 Å². The summed E-state index contributed by atoms with van der Waals surface area (Å²) in [6.07, 6.45) is -5.02. The molecule has 32 heavy (non-hydrogen) atoms. The molecule has 3 aromatic rings. The molecule has 1 aromatic carbocycles. The molecule has 0 radical (unpaired) electrons. The molecule has 12 heteroatoms. The predicted octanol–water partition coefficient (Wildman–Crippen LogP) is 2.77. The van der Waals surface area contributed by atoms with Crippen LogP contribution in [-0.2, 0) is 12.7 Å². The van der Waals surface area contributed by atoms with Gasteiger partial charge in [0, 0.05) is 29.6 Å². The van der Waals surface area contributed by atoms with Gasteiger partial charge in [-0.3, -0.25) is 14.2 Å². The number of aromatic nitrogens is 2. The van der Waals surface area contributed by atoms with E-state index < -0.39 is 52.0 Å². The number of phenolic OH excluding ortho intramolecular Hbond substituents is 1. The van der Waals surface area contributed by atoms with Crippen molar-refractivity contribution < 1.29 is 32.3 Å². The third-order valence-electron chi connectivity index (χ3n) is 5.62. The maximum atomic E-state index is 14.5. The second kappa shape index (κ2) is 6.58. The fourth-order valence-corrected chi connectivity index (χ4v) is 4.14. The molecule has 8 nitrogen and oxygen atoms in total. The predicted molar refractivity (Wildman–Crippen MR) is 106 cm³/mol. The van der Waals surface area contributed by atoms with Gasteiger partial charge >= 0.3 is 6.18 Å². The first kappa shape index (κ1) is 21.4. The summed E-state index contributed by atoms with van der Waals surface area (Å²) in [5.74, 6) is -3.83. The SMILES string of the molecule is Cc1c(O)cc(F)c(C)c1-n1c(N)c(C(N)=O)c2c(C(F)(F)F)nc3c(c21)C(=O)N(C)C3. The van der Waals surface area contributed by atoms with Crippen molar-refractivity contribution in [3.63, 3.8) is 0 Å². The number of nitrogen functional groups attached to an aromatic ring is 1. The van der Waals surface area contributed by atoms with E-state index in [0.717, 1.165) is 15.5 Å². The van der Waals surface area contributed by atoms with Crippen molar-refractivity contribution in [2.75, 3.05) is 12.8 Å². The molecule has 1 aliphatic heterocycles. The highest BCUT2D eigenvalue weighted by Crippen LogP contribution is 2.45. The number of carbonyl (C=O) groups is 2. The number of fused-ring (bicyclic) bond motifs is 3. The van der Waals surface area contributed by atoms with Crippen LogP contribution in [0.25, 0.3) is 16.6 Å². The standard InChI is InChI=1S/C20H17F4N5O3/c1-6-8(21)4-10(30)7(2)14(6)29-15-11-9(5-28(3)19(11)32)27-16(20(22,23)24)12(15)13(17(29)25)18(26)31/h4,30H,5,25H2,1-3H3,(H2,26,31). The lowest BCUT2D eigenvalue weighted by atomic mass is 10.0. The Hall–Kier alpha value is -3.83. The zero-order valence-electron chi connectivity index (χ0n) is 17.1. The molecule has 168 valence electrons. The van der Waals surface area contributed by atoms with Crippen molar-refractivity contribution >= 4 is 28.5 Å². The molecule has 0 aliphatic carbocycles. The summed E-state index contributed by atoms with van der Waals surface area (Å²) in [6.45, 7) is 2.51. The van der Waals surface area contributed by atoms with E-state index in [9.17, 15) is 32.3 Å². The Bertz CT molecular complexity index is 1330. The second-order valence-electron chi connectivity index (χ2n) is 7.60. The van der Waals surface area contributed by atoms with E-state index in [1.54, 1.807) is 0 Å². The summed E-state index contributed by atoms with van der Waals surface area (Å²) in [5.41, 5.74) is 8.48. The largest absolute Gasteiger partial charge is 0.507 e. The summed E-state index contributed by atoms with van der Waals surface area (Å²) in [4.78, 5) is 29.9. The highest BCUT2D eigenvalue weighted by atomic mass is 19.4. The molecule has 5 N–H and O–H groups in total. The number of amides is 2. The van der Waals surface area contributed by atoms with Crippen molar-refractivity contribution in [1.29, 1.82) is 0 Å². The Labute approximate surface area is 178 Å². The molecule has 4 rings (SSSR count). The average molecular weight is 451 g/mol. The van der Waals surface area contributed by atoms with Crippen LogP contribution in [-0.4, -0.2) is 38.4 Å². The van der Waals surface area contributed by atoms with Gasteiger partial charge in [0.25, 0.3) is 11.8 Å². The third kappa shape index (κ3) is 2.71. The van der Waals surface area contributed by atoms with Crippen LogP contribution in [0.4, 0.5) is 23.4 Å². The number of halogens is 4. The minimum absolute atomic E-state index is 0.0708. The Morgan fingerprint density at radius 3 is 2.44 bits per heavy atom. The highest BCUT2D eigenvalue weighted by Gasteiger charge is 2.43. The van der Waals surface area contributed by atoms with Gasteiger partial charge in [-0.25, -0.2) is 9.37 Å². The van der Waals surface area contributed by atoms with Crippen molar-refractivity contribution in [1.82, 2.24) is 14.5 Å². The van der Waals surface area contributed by atoms with Gasteiger partial charge in [0.1, 0.15) is 17.4 Å². The van der Waals surface area contributed by atoms with Crippen molar-refractivity contribution in [3.05, 3.63) is 45.5 Å². The van der Waals surface area contributed by atoms with Crippen LogP contribution in [0.15, 0.2) is 6.07 Å². The smallest absolute Gasteiger partial charge is 0.434 e. The summed E-state index contributed by atoms with van der Waals surface area (Å²) in [6, 6.07) is 0.844. The highest BCUT2D eigenvalue weighted by molar-refractivity contribution is 6.18. The molecule has 0 spiro atoms. The second-order valence-corrected chi connectivity index (χ2v) is 7.60. The Kier molecular flexibility index (Phi) is 4.40. The number of pyridine rings is 1. The van der Waals surface area contributed by atoms with E-state index in [4.69, 9.17) is 11.5 Å². The van der Waals surface area contributed by atoms with Gasteiger partial charge in [-0.05, 0) is 13.8 Å². The van der Waals surface area contributed by atoms with Gasteiger partial charge in [-0.2, -0.15) is 13.2 Å². The summed E-state index contributed by atoms with van der Waals surface area (Å²) in [5, 5.41) is 9.41. The minimum Gasteiger partial charge on any atom is -0.507 e. The summed E-state index contributed by atoms with van der Waals surface area (Å²) < 4.78 is 57.5. The van der Waals surface area contributed by atoms with Gasteiger partial charge in [0.2, 0.25) is 0 Å². The first-order chi connectivity index (χ1) is 14.8. The van der Waals surface area contributed by atoms with Crippen molar-refractivity contribution in [2.24, 2.45) is 5.73 Å². The van der Waals surface area contributed by atoms with Crippen LogP contribution in [0.2, 0.25) is 0 Å². The number of nitrogens with zero attached hydrogens (tertiary/aromatic N) is 3. The van der Waals surface area contributed by atoms with E-state index in [1.165, 1.54) is 20.9 Å². The Morgan fingerprint density at radius 1 is 1.25 bits per heavy atom. The minimum atomic E-state index is -5.02. The van der Waals surface area contributed by atoms with Gasteiger partial charge in [0.15, 0.2) is 5.69 Å². The molecule has 0 saturated heterocycles. The Balaban J connectivity index is 2.36. The molecule has 0 unspecified atom stereocenters. The number of rotatable bonds is 2. The summed E-state index contributed by atoms with van der Waals surface area (Å²) in [7, 11) is 1.37. The number of hydrogen-bond donors (Lipinski definition) is 3. The molecule has 2 amide bonds. The molecular weight excluding hydrogens is 434 g/mol. The molecular formula is C20H17F4N5O3. The quantitative estimate of drug-likeness (QED) is 0.517. The summed E-state index contributed by atoms with van der Waals surface area (Å²) >= 11 is 0. The van der Waals surface area contributed by atoms with Crippen LogP contribution in [0, 0.1) is 19.7 Å². The lowest BCUT2D eigenvalue weighted by molar-refractivity contribution is -0.139. The first-order valence-electron chi connectivity index (χ1n) is 9.25. The number of primary amides is 1. The molecule has 0 bridgehead atoms. The fourth-order valence-electron chi connectivity index (χ4n) is 4.14. The van der Waals surface area contributed by atoms with E-state index >= 15 is 0 Å². The van der Waals surface area contributed by atoms with Crippen molar-refractivity contribution in [2.45, 2.75) is 26.6 Å². The first-order valence-corrected chi connectivity index (χ1v) is 9.25. The van der Waals surface area contributed by atoms with Crippen LogP contribution in [0.5, 0.6) is 5.75 Å². The van der Waals surface area contributed by atoms with E-state index in [2.05, 4.69) is 4.98 Å². The van der Waals surface area contributed by atoms with Crippen molar-refractivity contribution in [3.8, 4) is 11.4 Å². The number of alkyl halides is 3. The maximum absolute atomic E-state index is 14.5. The van der Waals surface area contributed by atoms with E-state index in [-0.39, 0.29) is 40.1 Å². The number of anilines is 1. The molecule has 2 aromatic heterocycles.